The largest absolute Gasteiger partial charge is 0.357 e. The molecule has 0 bridgehead atoms. The summed E-state index contributed by atoms with van der Waals surface area (Å²) in [6.45, 7) is 6.52. The van der Waals surface area contributed by atoms with E-state index in [0.29, 0.717) is 0 Å². The summed E-state index contributed by atoms with van der Waals surface area (Å²) >= 11 is 0. The van der Waals surface area contributed by atoms with Crippen LogP contribution in [0.1, 0.15) is 44.6 Å². The Bertz CT molecular complexity index is 613. The number of aromatic nitrogens is 3. The number of pyridine rings is 1. The molecule has 1 saturated heterocycles. The van der Waals surface area contributed by atoms with Gasteiger partial charge in [0.25, 0.3) is 0 Å². The number of piperidine rings is 1. The average Bonchev–Trinajstić information content (AvgIpc) is 3.09. The van der Waals surface area contributed by atoms with E-state index in [1.54, 1.807) is 0 Å². The van der Waals surface area contributed by atoms with Gasteiger partial charge in [-0.05, 0) is 51.4 Å². The molecule has 0 unspecified atom stereocenters. The monoisotopic (exact) mass is 327 g/mol. The number of nitrogens with zero attached hydrogens (tertiary/aromatic N) is 4. The Morgan fingerprint density at radius 3 is 2.71 bits per heavy atom. The van der Waals surface area contributed by atoms with Crippen LogP contribution in [0.4, 0.5) is 5.82 Å². The topological polar surface area (TPSA) is 48.1 Å². The van der Waals surface area contributed by atoms with Crippen LogP contribution in [0.2, 0.25) is 0 Å². The molecule has 130 valence electrons. The lowest BCUT2D eigenvalue weighted by Crippen LogP contribution is -2.29. The molecule has 1 aliphatic heterocycles. The molecule has 5 nitrogen and oxygen atoms in total. The number of nitrogens with one attached hydrogen (secondary N) is 1. The summed E-state index contributed by atoms with van der Waals surface area (Å²) in [4.78, 5) is 9.44. The minimum Gasteiger partial charge on any atom is -0.357 e. The number of hydrogen-bond acceptors (Lipinski definition) is 4. The van der Waals surface area contributed by atoms with Crippen molar-refractivity contribution in [1.82, 2.24) is 20.1 Å². The van der Waals surface area contributed by atoms with Crippen LogP contribution in [0.15, 0.2) is 24.5 Å². The third-order valence-corrected chi connectivity index (χ3v) is 4.77. The van der Waals surface area contributed by atoms with Gasteiger partial charge in [0.2, 0.25) is 0 Å². The molecule has 2 aromatic heterocycles. The van der Waals surface area contributed by atoms with Gasteiger partial charge in [-0.3, -0.25) is 5.10 Å². The fourth-order valence-electron chi connectivity index (χ4n) is 3.32. The molecule has 0 aromatic carbocycles. The van der Waals surface area contributed by atoms with Gasteiger partial charge in [0, 0.05) is 37.0 Å². The SMILES string of the molecule is CCCCN(C)Cc1cn[nH]c1-c1ccc(N2CCCCC2)nc1. The second kappa shape index (κ2) is 8.29. The first-order chi connectivity index (χ1) is 11.8. The van der Waals surface area contributed by atoms with E-state index in [4.69, 9.17) is 4.98 Å². The molecule has 3 heterocycles. The third kappa shape index (κ3) is 4.15. The minimum atomic E-state index is 0.916. The Morgan fingerprint density at radius 2 is 2.00 bits per heavy atom. The number of H-pyrrole nitrogens is 1. The van der Waals surface area contributed by atoms with Gasteiger partial charge in [0.1, 0.15) is 5.82 Å². The first-order valence-corrected chi connectivity index (χ1v) is 9.20. The summed E-state index contributed by atoms with van der Waals surface area (Å²) in [5, 5.41) is 7.41. The van der Waals surface area contributed by atoms with Gasteiger partial charge in [-0.15, -0.1) is 0 Å². The molecular weight excluding hydrogens is 298 g/mol. The predicted molar refractivity (Wildman–Crippen MR) is 99.1 cm³/mol. The lowest BCUT2D eigenvalue weighted by Gasteiger charge is -2.27. The van der Waals surface area contributed by atoms with Crippen LogP contribution in [-0.4, -0.2) is 46.8 Å². The zero-order valence-electron chi connectivity index (χ0n) is 15.0. The smallest absolute Gasteiger partial charge is 0.128 e. The maximum Gasteiger partial charge on any atom is 0.128 e. The van der Waals surface area contributed by atoms with Crippen molar-refractivity contribution in [2.24, 2.45) is 0 Å². The van der Waals surface area contributed by atoms with E-state index in [2.05, 4.69) is 46.1 Å². The van der Waals surface area contributed by atoms with Gasteiger partial charge in [0.05, 0.1) is 11.9 Å². The standard InChI is InChI=1S/C19H29N5/c1-3-4-10-23(2)15-17-14-21-22-19(17)16-8-9-18(20-13-16)24-11-6-5-7-12-24/h8-9,13-14H,3-7,10-12,15H2,1-2H3,(H,21,22). The molecule has 0 saturated carbocycles. The molecular formula is C19H29N5. The minimum absolute atomic E-state index is 0.916. The highest BCUT2D eigenvalue weighted by Crippen LogP contribution is 2.24. The van der Waals surface area contributed by atoms with Crippen molar-refractivity contribution in [2.45, 2.75) is 45.6 Å². The van der Waals surface area contributed by atoms with Crippen molar-refractivity contribution in [1.29, 1.82) is 0 Å². The molecule has 0 atom stereocenters. The Labute approximate surface area is 145 Å². The molecule has 24 heavy (non-hydrogen) atoms. The molecule has 0 amide bonds. The molecule has 2 aromatic rings. The molecule has 1 N–H and O–H groups in total. The number of rotatable bonds is 7. The summed E-state index contributed by atoms with van der Waals surface area (Å²) < 4.78 is 0. The van der Waals surface area contributed by atoms with Gasteiger partial charge in [-0.25, -0.2) is 4.98 Å². The van der Waals surface area contributed by atoms with Crippen molar-refractivity contribution in [3.63, 3.8) is 0 Å². The molecule has 3 rings (SSSR count). The van der Waals surface area contributed by atoms with E-state index in [0.717, 1.165) is 43.3 Å². The normalized spacial score (nSPS) is 15.2. The fourth-order valence-corrected chi connectivity index (χ4v) is 3.32. The van der Waals surface area contributed by atoms with E-state index in [1.165, 1.54) is 37.7 Å². The average molecular weight is 327 g/mol. The lowest BCUT2D eigenvalue weighted by atomic mass is 10.1. The first-order valence-electron chi connectivity index (χ1n) is 9.20. The lowest BCUT2D eigenvalue weighted by molar-refractivity contribution is 0.321. The molecule has 0 radical (unpaired) electrons. The van der Waals surface area contributed by atoms with E-state index in [1.807, 2.05) is 12.4 Å². The second-order valence-corrected chi connectivity index (χ2v) is 6.81. The van der Waals surface area contributed by atoms with E-state index in [9.17, 15) is 0 Å². The van der Waals surface area contributed by atoms with E-state index >= 15 is 0 Å². The zero-order valence-corrected chi connectivity index (χ0v) is 15.0. The molecule has 5 heteroatoms. The van der Waals surface area contributed by atoms with Gasteiger partial charge >= 0.3 is 0 Å². The van der Waals surface area contributed by atoms with Crippen LogP contribution in [-0.2, 0) is 6.54 Å². The summed E-state index contributed by atoms with van der Waals surface area (Å²) in [7, 11) is 2.17. The van der Waals surface area contributed by atoms with Crippen molar-refractivity contribution in [2.75, 3.05) is 31.6 Å². The number of unbranched alkanes of at least 4 members (excludes halogenated alkanes) is 1. The Kier molecular flexibility index (Phi) is 5.86. The number of aromatic amines is 1. The summed E-state index contributed by atoms with van der Waals surface area (Å²) in [5.74, 6) is 1.10. The number of anilines is 1. The first kappa shape index (κ1) is 17.0. The van der Waals surface area contributed by atoms with Gasteiger partial charge < -0.3 is 9.80 Å². The zero-order chi connectivity index (χ0) is 16.8. The Hall–Kier alpha value is -1.88. The summed E-state index contributed by atoms with van der Waals surface area (Å²) in [5.41, 5.74) is 3.45. The van der Waals surface area contributed by atoms with Gasteiger partial charge in [-0.2, -0.15) is 5.10 Å². The maximum atomic E-state index is 4.69. The predicted octanol–water partition coefficient (Wildman–Crippen LogP) is 3.69. The quantitative estimate of drug-likeness (QED) is 0.842. The molecule has 1 fully saturated rings. The van der Waals surface area contributed by atoms with Crippen LogP contribution < -0.4 is 4.90 Å². The van der Waals surface area contributed by atoms with Crippen molar-refractivity contribution in [3.05, 3.63) is 30.1 Å². The van der Waals surface area contributed by atoms with E-state index in [-0.39, 0.29) is 0 Å². The van der Waals surface area contributed by atoms with Gasteiger partial charge in [0.15, 0.2) is 0 Å². The highest BCUT2D eigenvalue weighted by atomic mass is 15.2. The van der Waals surface area contributed by atoms with E-state index < -0.39 is 0 Å². The van der Waals surface area contributed by atoms with Crippen molar-refractivity contribution < 1.29 is 0 Å². The van der Waals surface area contributed by atoms with Crippen LogP contribution >= 0.6 is 0 Å². The third-order valence-electron chi connectivity index (χ3n) is 4.77. The maximum absolute atomic E-state index is 4.69. The Balaban J connectivity index is 1.69. The van der Waals surface area contributed by atoms with Crippen molar-refractivity contribution >= 4 is 5.82 Å². The van der Waals surface area contributed by atoms with Crippen LogP contribution in [0.25, 0.3) is 11.3 Å². The van der Waals surface area contributed by atoms with Crippen LogP contribution in [0.3, 0.4) is 0 Å². The summed E-state index contributed by atoms with van der Waals surface area (Å²) in [6.07, 6.45) is 10.3. The molecule has 1 aliphatic rings. The molecule has 0 aliphatic carbocycles. The summed E-state index contributed by atoms with van der Waals surface area (Å²) in [6, 6.07) is 4.31. The fraction of sp³-hybridized carbons (Fsp3) is 0.579. The highest BCUT2D eigenvalue weighted by molar-refractivity contribution is 5.63. The van der Waals surface area contributed by atoms with Crippen LogP contribution in [0.5, 0.6) is 0 Å². The van der Waals surface area contributed by atoms with Gasteiger partial charge in [-0.1, -0.05) is 13.3 Å². The van der Waals surface area contributed by atoms with Crippen molar-refractivity contribution in [3.8, 4) is 11.3 Å². The van der Waals surface area contributed by atoms with Crippen LogP contribution in [0, 0.1) is 0 Å². The second-order valence-electron chi connectivity index (χ2n) is 6.81. The Morgan fingerprint density at radius 1 is 1.17 bits per heavy atom. The highest BCUT2D eigenvalue weighted by Gasteiger charge is 2.14. The number of hydrogen-bond donors (Lipinski definition) is 1. The molecule has 0 spiro atoms.